The smallest absolute Gasteiger partial charge is 0.343 e. The molecule has 0 unspecified atom stereocenters. The third kappa shape index (κ3) is 6.53. The third-order valence-corrected chi connectivity index (χ3v) is 5.12. The van der Waals surface area contributed by atoms with Crippen molar-refractivity contribution in [3.63, 3.8) is 0 Å². The molecule has 0 radical (unpaired) electrons. The van der Waals surface area contributed by atoms with Crippen LogP contribution >= 0.6 is 0 Å². The summed E-state index contributed by atoms with van der Waals surface area (Å²) in [5, 5.41) is 3.96. The Morgan fingerprint density at radius 3 is 2.22 bits per heavy atom. The molecule has 188 valence electrons. The molecule has 3 aromatic carbocycles. The van der Waals surface area contributed by atoms with Crippen LogP contribution in [0.25, 0.3) is 0 Å². The summed E-state index contributed by atoms with van der Waals surface area (Å²) in [6.45, 7) is 3.66. The number of carbonyl (C=O) groups excluding carboxylic acids is 2. The summed E-state index contributed by atoms with van der Waals surface area (Å²) in [5.74, 6) is 0.828. The standard InChI is InChI=1S/C27H28N2O7/c1-17-10-11-18(2)22(12-17)35-16-25(30)29-28-15-19-8-6-7-9-21(19)36-27(31)20-13-23(32-3)26(34-5)24(14-20)33-4/h6-15H,16H2,1-5H3,(H,29,30). The molecule has 0 atom stereocenters. The summed E-state index contributed by atoms with van der Waals surface area (Å²) in [7, 11) is 4.39. The molecule has 3 rings (SSSR count). The van der Waals surface area contributed by atoms with Crippen molar-refractivity contribution >= 4 is 18.1 Å². The zero-order valence-electron chi connectivity index (χ0n) is 20.8. The average Bonchev–Trinajstić information content (AvgIpc) is 2.89. The molecule has 0 saturated carbocycles. The van der Waals surface area contributed by atoms with Gasteiger partial charge in [0.1, 0.15) is 11.5 Å². The molecule has 0 fully saturated rings. The average molecular weight is 493 g/mol. The third-order valence-electron chi connectivity index (χ3n) is 5.12. The number of ether oxygens (including phenoxy) is 5. The van der Waals surface area contributed by atoms with Crippen LogP contribution in [-0.4, -0.2) is 46.0 Å². The highest BCUT2D eigenvalue weighted by Crippen LogP contribution is 2.38. The van der Waals surface area contributed by atoms with E-state index in [0.717, 1.165) is 11.1 Å². The van der Waals surface area contributed by atoms with Gasteiger partial charge in [-0.25, -0.2) is 10.2 Å². The molecule has 9 nitrogen and oxygen atoms in total. The highest BCUT2D eigenvalue weighted by Gasteiger charge is 2.19. The Labute approximate surface area is 209 Å². The zero-order chi connectivity index (χ0) is 26.1. The molecule has 1 amide bonds. The molecule has 36 heavy (non-hydrogen) atoms. The Kier molecular flexibility index (Phi) is 8.88. The van der Waals surface area contributed by atoms with E-state index in [9.17, 15) is 9.59 Å². The van der Waals surface area contributed by atoms with Crippen LogP contribution in [0.5, 0.6) is 28.7 Å². The molecule has 1 N–H and O–H groups in total. The van der Waals surface area contributed by atoms with E-state index in [1.54, 1.807) is 24.3 Å². The second-order valence-corrected chi connectivity index (χ2v) is 7.69. The number of hydrogen-bond acceptors (Lipinski definition) is 8. The van der Waals surface area contributed by atoms with Gasteiger partial charge in [0, 0.05) is 5.56 Å². The summed E-state index contributed by atoms with van der Waals surface area (Å²) < 4.78 is 27.0. The normalized spacial score (nSPS) is 10.6. The number of amides is 1. The fraction of sp³-hybridized carbons (Fsp3) is 0.222. The van der Waals surface area contributed by atoms with Crippen LogP contribution < -0.4 is 29.1 Å². The van der Waals surface area contributed by atoms with E-state index in [-0.39, 0.29) is 17.9 Å². The Hall–Kier alpha value is -4.53. The van der Waals surface area contributed by atoms with Crippen LogP contribution in [-0.2, 0) is 4.79 Å². The molecule has 0 aliphatic carbocycles. The lowest BCUT2D eigenvalue weighted by Gasteiger charge is -2.14. The SMILES string of the molecule is COc1cc(C(=O)Oc2ccccc2C=NNC(=O)COc2cc(C)ccc2C)cc(OC)c1OC. The van der Waals surface area contributed by atoms with E-state index in [0.29, 0.717) is 28.6 Å². The fourth-order valence-electron chi connectivity index (χ4n) is 3.25. The predicted molar refractivity (Wildman–Crippen MR) is 135 cm³/mol. The van der Waals surface area contributed by atoms with Gasteiger partial charge in [-0.2, -0.15) is 5.10 Å². The monoisotopic (exact) mass is 492 g/mol. The largest absolute Gasteiger partial charge is 0.493 e. The first-order chi connectivity index (χ1) is 17.4. The first-order valence-electron chi connectivity index (χ1n) is 11.0. The van der Waals surface area contributed by atoms with Crippen molar-refractivity contribution in [3.05, 3.63) is 76.9 Å². The van der Waals surface area contributed by atoms with Crippen molar-refractivity contribution in [1.82, 2.24) is 5.43 Å². The second-order valence-electron chi connectivity index (χ2n) is 7.69. The maximum atomic E-state index is 12.9. The summed E-state index contributed by atoms with van der Waals surface area (Å²) >= 11 is 0. The highest BCUT2D eigenvalue weighted by molar-refractivity contribution is 5.94. The number of benzene rings is 3. The molecule has 0 saturated heterocycles. The lowest BCUT2D eigenvalue weighted by molar-refractivity contribution is -0.123. The van der Waals surface area contributed by atoms with Crippen LogP contribution in [0, 0.1) is 13.8 Å². The number of nitrogens with zero attached hydrogens (tertiary/aromatic N) is 1. The van der Waals surface area contributed by atoms with Gasteiger partial charge in [0.2, 0.25) is 5.75 Å². The maximum Gasteiger partial charge on any atom is 0.343 e. The molecule has 0 heterocycles. The van der Waals surface area contributed by atoms with Crippen LogP contribution in [0.4, 0.5) is 0 Å². The van der Waals surface area contributed by atoms with Crippen LogP contribution in [0.1, 0.15) is 27.0 Å². The van der Waals surface area contributed by atoms with Crippen LogP contribution in [0.2, 0.25) is 0 Å². The first-order valence-corrected chi connectivity index (χ1v) is 11.0. The van der Waals surface area contributed by atoms with Crippen molar-refractivity contribution in [2.75, 3.05) is 27.9 Å². The molecule has 0 aromatic heterocycles. The number of hydrazone groups is 1. The Morgan fingerprint density at radius 1 is 0.861 bits per heavy atom. The van der Waals surface area contributed by atoms with E-state index >= 15 is 0 Å². The van der Waals surface area contributed by atoms with Gasteiger partial charge in [0.25, 0.3) is 5.91 Å². The van der Waals surface area contributed by atoms with Crippen LogP contribution in [0.3, 0.4) is 0 Å². The molecular formula is C27H28N2O7. The van der Waals surface area contributed by atoms with Gasteiger partial charge in [-0.1, -0.05) is 24.3 Å². The molecule has 9 heteroatoms. The quantitative estimate of drug-likeness (QED) is 0.197. The van der Waals surface area contributed by atoms with Gasteiger partial charge in [-0.05, 0) is 55.3 Å². The number of carbonyl (C=O) groups is 2. The lowest BCUT2D eigenvalue weighted by atomic mass is 10.1. The maximum absolute atomic E-state index is 12.9. The van der Waals surface area contributed by atoms with E-state index in [1.807, 2.05) is 32.0 Å². The molecule has 3 aromatic rings. The number of para-hydroxylation sites is 1. The van der Waals surface area contributed by atoms with E-state index < -0.39 is 11.9 Å². The van der Waals surface area contributed by atoms with E-state index in [2.05, 4.69) is 10.5 Å². The van der Waals surface area contributed by atoms with Crippen molar-refractivity contribution in [2.45, 2.75) is 13.8 Å². The Morgan fingerprint density at radius 2 is 1.56 bits per heavy atom. The topological polar surface area (TPSA) is 105 Å². The second kappa shape index (κ2) is 12.3. The number of rotatable bonds is 10. The van der Waals surface area contributed by atoms with Gasteiger partial charge >= 0.3 is 5.97 Å². The minimum atomic E-state index is -0.638. The van der Waals surface area contributed by atoms with Crippen molar-refractivity contribution < 1.29 is 33.3 Å². The van der Waals surface area contributed by atoms with Gasteiger partial charge < -0.3 is 23.7 Å². The summed E-state index contributed by atoms with van der Waals surface area (Å²) in [5.41, 5.74) is 5.06. The number of nitrogens with one attached hydrogen (secondary N) is 1. The summed E-state index contributed by atoms with van der Waals surface area (Å²) in [6, 6.07) is 15.5. The Bertz CT molecular complexity index is 1250. The molecular weight excluding hydrogens is 464 g/mol. The number of methoxy groups -OCH3 is 3. The predicted octanol–water partition coefficient (Wildman–Crippen LogP) is 4.08. The number of aryl methyl sites for hydroxylation is 2. The summed E-state index contributed by atoms with van der Waals surface area (Å²) in [6.07, 6.45) is 1.38. The van der Waals surface area contributed by atoms with Gasteiger partial charge in [-0.15, -0.1) is 0 Å². The molecule has 0 aliphatic heterocycles. The fourth-order valence-corrected chi connectivity index (χ4v) is 3.25. The zero-order valence-corrected chi connectivity index (χ0v) is 20.8. The van der Waals surface area contributed by atoms with Crippen LogP contribution in [0.15, 0.2) is 59.7 Å². The minimum Gasteiger partial charge on any atom is -0.493 e. The van der Waals surface area contributed by atoms with Crippen molar-refractivity contribution in [2.24, 2.45) is 5.10 Å². The molecule has 0 spiro atoms. The Balaban J connectivity index is 1.67. The van der Waals surface area contributed by atoms with Gasteiger partial charge in [-0.3, -0.25) is 4.79 Å². The van der Waals surface area contributed by atoms with Gasteiger partial charge in [0.15, 0.2) is 18.1 Å². The molecule has 0 aliphatic rings. The molecule has 0 bridgehead atoms. The number of hydrogen-bond donors (Lipinski definition) is 1. The van der Waals surface area contributed by atoms with Gasteiger partial charge in [0.05, 0.1) is 33.1 Å². The minimum absolute atomic E-state index is 0.195. The lowest BCUT2D eigenvalue weighted by Crippen LogP contribution is -2.24. The van der Waals surface area contributed by atoms with E-state index in [1.165, 1.54) is 39.7 Å². The number of esters is 1. The van der Waals surface area contributed by atoms with Crippen molar-refractivity contribution in [1.29, 1.82) is 0 Å². The van der Waals surface area contributed by atoms with E-state index in [4.69, 9.17) is 23.7 Å². The highest BCUT2D eigenvalue weighted by atomic mass is 16.5. The summed E-state index contributed by atoms with van der Waals surface area (Å²) in [4.78, 5) is 25.0. The first kappa shape index (κ1) is 26.1. The van der Waals surface area contributed by atoms with Crippen molar-refractivity contribution in [3.8, 4) is 28.7 Å².